The largest absolute Gasteiger partial charge is 0.341 e. The summed E-state index contributed by atoms with van der Waals surface area (Å²) in [6, 6.07) is 7.41. The summed E-state index contributed by atoms with van der Waals surface area (Å²) in [5.41, 5.74) is 0.756. The molecular formula is C21H26ClN5O2. The van der Waals surface area contributed by atoms with Gasteiger partial charge in [0.1, 0.15) is 12.2 Å². The minimum absolute atomic E-state index is 0.0501. The lowest BCUT2D eigenvalue weighted by molar-refractivity contribution is -0.143. The zero-order valence-corrected chi connectivity index (χ0v) is 17.8. The van der Waals surface area contributed by atoms with Gasteiger partial charge in [0.15, 0.2) is 0 Å². The monoisotopic (exact) mass is 415 g/mol. The molecule has 2 aromatic rings. The summed E-state index contributed by atoms with van der Waals surface area (Å²) in [5.74, 6) is 1.14. The Bertz CT molecular complexity index is 935. The van der Waals surface area contributed by atoms with Crippen LogP contribution in [-0.4, -0.2) is 62.6 Å². The molecule has 0 N–H and O–H groups in total. The molecule has 2 saturated heterocycles. The molecule has 2 fully saturated rings. The van der Waals surface area contributed by atoms with Crippen LogP contribution in [0.2, 0.25) is 5.02 Å². The Balaban J connectivity index is 1.50. The topological polar surface area (TPSA) is 71.3 Å². The second kappa shape index (κ2) is 7.44. The molecule has 154 valence electrons. The van der Waals surface area contributed by atoms with Crippen molar-refractivity contribution in [1.82, 2.24) is 24.6 Å². The van der Waals surface area contributed by atoms with E-state index in [-0.39, 0.29) is 29.1 Å². The summed E-state index contributed by atoms with van der Waals surface area (Å²) in [7, 11) is 1.93. The number of carbonyl (C=O) groups is 2. The van der Waals surface area contributed by atoms with E-state index < -0.39 is 0 Å². The predicted molar refractivity (Wildman–Crippen MR) is 109 cm³/mol. The van der Waals surface area contributed by atoms with Gasteiger partial charge in [-0.2, -0.15) is 0 Å². The number of halogens is 1. The number of hydrogen-bond acceptors (Lipinski definition) is 4. The van der Waals surface area contributed by atoms with E-state index in [1.165, 1.54) is 0 Å². The van der Waals surface area contributed by atoms with E-state index in [0.29, 0.717) is 37.6 Å². The van der Waals surface area contributed by atoms with Crippen LogP contribution in [0.4, 0.5) is 0 Å². The fraction of sp³-hybridized carbons (Fsp3) is 0.524. The molecule has 0 bridgehead atoms. The van der Waals surface area contributed by atoms with Crippen molar-refractivity contribution in [2.24, 2.45) is 18.4 Å². The molecule has 7 nitrogen and oxygen atoms in total. The number of amides is 2. The zero-order valence-electron chi connectivity index (χ0n) is 17.0. The van der Waals surface area contributed by atoms with Crippen molar-refractivity contribution in [2.45, 2.75) is 26.2 Å². The SMILES string of the molecule is CC(C)C(=O)N1CC(c2nncn2C)C2(CN(C(=O)Cc3cccc(Cl)c3)C2)C1. The van der Waals surface area contributed by atoms with Crippen LogP contribution in [0, 0.1) is 11.3 Å². The Hall–Kier alpha value is -2.41. The quantitative estimate of drug-likeness (QED) is 0.766. The molecule has 29 heavy (non-hydrogen) atoms. The highest BCUT2D eigenvalue weighted by Gasteiger charge is 2.57. The van der Waals surface area contributed by atoms with Gasteiger partial charge >= 0.3 is 0 Å². The first-order valence-electron chi connectivity index (χ1n) is 9.94. The van der Waals surface area contributed by atoms with Gasteiger partial charge in [-0.1, -0.05) is 37.6 Å². The minimum Gasteiger partial charge on any atom is -0.341 e. The van der Waals surface area contributed by atoms with Crippen molar-refractivity contribution in [3.8, 4) is 0 Å². The molecule has 2 aliphatic rings. The lowest BCUT2D eigenvalue weighted by Gasteiger charge is -2.50. The summed E-state index contributed by atoms with van der Waals surface area (Å²) >= 11 is 6.04. The van der Waals surface area contributed by atoms with Gasteiger partial charge in [0.05, 0.1) is 6.42 Å². The third-order valence-electron chi connectivity index (χ3n) is 6.12. The molecule has 8 heteroatoms. The number of hydrogen-bond donors (Lipinski definition) is 0. The molecule has 1 unspecified atom stereocenters. The van der Waals surface area contributed by atoms with E-state index in [4.69, 9.17) is 11.6 Å². The summed E-state index contributed by atoms with van der Waals surface area (Å²) in [5, 5.41) is 8.98. The molecule has 2 aliphatic heterocycles. The maximum Gasteiger partial charge on any atom is 0.227 e. The molecular weight excluding hydrogens is 390 g/mol. The smallest absolute Gasteiger partial charge is 0.227 e. The van der Waals surface area contributed by atoms with E-state index in [0.717, 1.165) is 11.4 Å². The van der Waals surface area contributed by atoms with Crippen molar-refractivity contribution in [3.63, 3.8) is 0 Å². The summed E-state index contributed by atoms with van der Waals surface area (Å²) in [4.78, 5) is 29.3. The molecule has 0 radical (unpaired) electrons. The van der Waals surface area contributed by atoms with Crippen LogP contribution in [0.15, 0.2) is 30.6 Å². The highest BCUT2D eigenvalue weighted by atomic mass is 35.5. The van der Waals surface area contributed by atoms with Crippen LogP contribution >= 0.6 is 11.6 Å². The fourth-order valence-electron chi connectivity index (χ4n) is 4.61. The van der Waals surface area contributed by atoms with Gasteiger partial charge in [-0.3, -0.25) is 9.59 Å². The first-order chi connectivity index (χ1) is 13.8. The van der Waals surface area contributed by atoms with Gasteiger partial charge in [0.2, 0.25) is 11.8 Å². The Labute approximate surface area is 175 Å². The van der Waals surface area contributed by atoms with Crippen molar-refractivity contribution in [1.29, 1.82) is 0 Å². The lowest BCUT2D eigenvalue weighted by atomic mass is 9.71. The van der Waals surface area contributed by atoms with Crippen LogP contribution < -0.4 is 0 Å². The Morgan fingerprint density at radius 1 is 1.24 bits per heavy atom. The summed E-state index contributed by atoms with van der Waals surface area (Å²) in [6.07, 6.45) is 2.02. The van der Waals surface area contributed by atoms with E-state index in [9.17, 15) is 9.59 Å². The molecule has 1 atom stereocenters. The molecule has 0 saturated carbocycles. The Morgan fingerprint density at radius 3 is 2.59 bits per heavy atom. The van der Waals surface area contributed by atoms with E-state index >= 15 is 0 Å². The van der Waals surface area contributed by atoms with E-state index in [1.54, 1.807) is 12.4 Å². The van der Waals surface area contributed by atoms with Gasteiger partial charge in [-0.05, 0) is 17.7 Å². The third kappa shape index (κ3) is 3.64. The highest BCUT2D eigenvalue weighted by molar-refractivity contribution is 6.30. The first kappa shape index (κ1) is 19.9. The first-order valence-corrected chi connectivity index (χ1v) is 10.3. The number of nitrogens with zero attached hydrogens (tertiary/aromatic N) is 5. The number of benzene rings is 1. The van der Waals surface area contributed by atoms with E-state index in [1.807, 2.05) is 53.5 Å². The highest BCUT2D eigenvalue weighted by Crippen LogP contribution is 2.49. The number of aromatic nitrogens is 3. The fourth-order valence-corrected chi connectivity index (χ4v) is 4.82. The maximum absolute atomic E-state index is 12.8. The van der Waals surface area contributed by atoms with Crippen LogP contribution in [-0.2, 0) is 23.1 Å². The minimum atomic E-state index is -0.157. The van der Waals surface area contributed by atoms with Crippen LogP contribution in [0.1, 0.15) is 31.2 Å². The molecule has 0 aliphatic carbocycles. The van der Waals surface area contributed by atoms with Crippen LogP contribution in [0.3, 0.4) is 0 Å². The average molecular weight is 416 g/mol. The third-order valence-corrected chi connectivity index (χ3v) is 6.36. The number of aryl methyl sites for hydroxylation is 1. The van der Waals surface area contributed by atoms with Gasteiger partial charge in [0.25, 0.3) is 0 Å². The molecule has 1 aromatic carbocycles. The second-order valence-corrected chi connectivity index (χ2v) is 9.08. The summed E-state index contributed by atoms with van der Waals surface area (Å²) in [6.45, 7) is 6.39. The number of carbonyl (C=O) groups excluding carboxylic acids is 2. The Kier molecular flexibility index (Phi) is 5.11. The molecule has 1 aromatic heterocycles. The average Bonchev–Trinajstić information content (AvgIpc) is 3.23. The van der Waals surface area contributed by atoms with Gasteiger partial charge < -0.3 is 14.4 Å². The molecule has 2 amide bonds. The summed E-state index contributed by atoms with van der Waals surface area (Å²) < 4.78 is 1.92. The van der Waals surface area contributed by atoms with Gasteiger partial charge in [-0.15, -0.1) is 10.2 Å². The van der Waals surface area contributed by atoms with Crippen molar-refractivity contribution < 1.29 is 9.59 Å². The molecule has 1 spiro atoms. The Morgan fingerprint density at radius 2 is 1.97 bits per heavy atom. The van der Waals surface area contributed by atoms with Crippen LogP contribution in [0.5, 0.6) is 0 Å². The van der Waals surface area contributed by atoms with Crippen molar-refractivity contribution in [2.75, 3.05) is 26.2 Å². The normalized spacial score (nSPS) is 20.4. The number of likely N-dealkylation sites (tertiary alicyclic amines) is 2. The van der Waals surface area contributed by atoms with Crippen LogP contribution in [0.25, 0.3) is 0 Å². The number of rotatable bonds is 4. The van der Waals surface area contributed by atoms with Gasteiger partial charge in [0, 0.05) is 55.5 Å². The van der Waals surface area contributed by atoms with Crippen molar-refractivity contribution >= 4 is 23.4 Å². The van der Waals surface area contributed by atoms with Crippen molar-refractivity contribution in [3.05, 3.63) is 47.0 Å². The standard InChI is InChI=1S/C21H26ClN5O2/c1-14(2)20(29)26-9-17(19-24-23-13-25(19)3)21(10-26)11-27(12-21)18(28)8-15-5-4-6-16(22)7-15/h4-7,13-14,17H,8-12H2,1-3H3. The van der Waals surface area contributed by atoms with Gasteiger partial charge in [-0.25, -0.2) is 0 Å². The van der Waals surface area contributed by atoms with E-state index in [2.05, 4.69) is 10.2 Å². The molecule has 3 heterocycles. The molecule has 4 rings (SSSR count). The predicted octanol–water partition coefficient (Wildman–Crippen LogP) is 2.12. The maximum atomic E-state index is 12.8. The lowest BCUT2D eigenvalue weighted by Crippen LogP contribution is -2.62. The second-order valence-electron chi connectivity index (χ2n) is 8.64. The zero-order chi connectivity index (χ0) is 20.8.